The molecule has 0 unspecified atom stereocenters. The third-order valence-corrected chi connectivity index (χ3v) is 6.11. The predicted molar refractivity (Wildman–Crippen MR) is 106 cm³/mol. The van der Waals surface area contributed by atoms with Crippen molar-refractivity contribution in [1.29, 1.82) is 0 Å². The molecule has 4 heterocycles. The van der Waals surface area contributed by atoms with Gasteiger partial charge in [0.05, 0.1) is 11.7 Å². The van der Waals surface area contributed by atoms with Crippen LogP contribution in [0.5, 0.6) is 5.75 Å². The van der Waals surface area contributed by atoms with Gasteiger partial charge < -0.3 is 14.2 Å². The Hall–Kier alpha value is -2.90. The van der Waals surface area contributed by atoms with E-state index in [0.29, 0.717) is 18.0 Å². The first kappa shape index (κ1) is 18.1. The lowest BCUT2D eigenvalue weighted by atomic mass is 10.2. The zero-order valence-electron chi connectivity index (χ0n) is 16.4. The SMILES string of the molecule is O=C1COc2ccccc2N1CC(=O)N1CCC[C@@H]1c1nnc2n1CCCCC2. The molecule has 1 aromatic heterocycles. The smallest absolute Gasteiger partial charge is 0.265 e. The van der Waals surface area contributed by atoms with Gasteiger partial charge >= 0.3 is 0 Å². The van der Waals surface area contributed by atoms with Gasteiger partial charge in [-0.2, -0.15) is 0 Å². The molecule has 2 aromatic rings. The molecule has 0 radical (unpaired) electrons. The fourth-order valence-electron chi connectivity index (χ4n) is 4.64. The molecule has 0 saturated carbocycles. The van der Waals surface area contributed by atoms with E-state index in [9.17, 15) is 9.59 Å². The van der Waals surface area contributed by atoms with Gasteiger partial charge in [-0.25, -0.2) is 0 Å². The molecule has 0 spiro atoms. The summed E-state index contributed by atoms with van der Waals surface area (Å²) in [5, 5.41) is 8.88. The van der Waals surface area contributed by atoms with Crippen molar-refractivity contribution in [3.63, 3.8) is 0 Å². The highest BCUT2D eigenvalue weighted by molar-refractivity contribution is 6.02. The average Bonchev–Trinajstić information content (AvgIpc) is 3.31. The quantitative estimate of drug-likeness (QED) is 0.795. The van der Waals surface area contributed by atoms with Gasteiger partial charge in [0.2, 0.25) is 5.91 Å². The van der Waals surface area contributed by atoms with Crippen molar-refractivity contribution in [2.24, 2.45) is 0 Å². The molecular weight excluding hydrogens is 370 g/mol. The summed E-state index contributed by atoms with van der Waals surface area (Å²) < 4.78 is 7.71. The van der Waals surface area contributed by atoms with Crippen LogP contribution in [0.3, 0.4) is 0 Å². The third-order valence-electron chi connectivity index (χ3n) is 6.11. The summed E-state index contributed by atoms with van der Waals surface area (Å²) in [6, 6.07) is 7.29. The maximum atomic E-state index is 13.2. The van der Waals surface area contributed by atoms with Crippen molar-refractivity contribution in [2.75, 3.05) is 24.6 Å². The van der Waals surface area contributed by atoms with Crippen molar-refractivity contribution < 1.29 is 14.3 Å². The standard InChI is InChI=1S/C21H25N5O3/c27-19(13-26-15-7-3-4-9-17(15)29-14-20(26)28)24-12-6-8-16(24)21-23-22-18-10-2-1-5-11-25(18)21/h3-4,7,9,16H,1-2,5-6,8,10-14H2/t16-/m1/s1. The number of hydrogen-bond acceptors (Lipinski definition) is 5. The van der Waals surface area contributed by atoms with E-state index in [1.807, 2.05) is 29.2 Å². The molecule has 1 saturated heterocycles. The Kier molecular flexibility index (Phi) is 4.69. The zero-order valence-corrected chi connectivity index (χ0v) is 16.4. The van der Waals surface area contributed by atoms with E-state index < -0.39 is 0 Å². The van der Waals surface area contributed by atoms with Crippen LogP contribution in [0, 0.1) is 0 Å². The van der Waals surface area contributed by atoms with Gasteiger partial charge in [-0.1, -0.05) is 18.6 Å². The molecule has 8 heteroatoms. The minimum Gasteiger partial charge on any atom is -0.482 e. The first-order valence-electron chi connectivity index (χ1n) is 10.5. The Bertz CT molecular complexity index is 940. The lowest BCUT2D eigenvalue weighted by Crippen LogP contribution is -2.46. The summed E-state index contributed by atoms with van der Waals surface area (Å²) in [5.74, 6) is 2.34. The van der Waals surface area contributed by atoms with Crippen molar-refractivity contribution in [2.45, 2.75) is 51.1 Å². The van der Waals surface area contributed by atoms with Crippen LogP contribution >= 0.6 is 0 Å². The molecule has 1 fully saturated rings. The molecule has 8 nitrogen and oxygen atoms in total. The number of nitrogens with zero attached hydrogens (tertiary/aromatic N) is 5. The van der Waals surface area contributed by atoms with Crippen LogP contribution in [-0.2, 0) is 22.6 Å². The minimum absolute atomic E-state index is 0.0245. The van der Waals surface area contributed by atoms with Crippen molar-refractivity contribution in [3.05, 3.63) is 35.9 Å². The molecule has 0 N–H and O–H groups in total. The summed E-state index contributed by atoms with van der Waals surface area (Å²) in [4.78, 5) is 29.1. The molecule has 29 heavy (non-hydrogen) atoms. The molecule has 2 amide bonds. The topological polar surface area (TPSA) is 80.6 Å². The monoisotopic (exact) mass is 395 g/mol. The van der Waals surface area contributed by atoms with Crippen molar-refractivity contribution >= 4 is 17.5 Å². The van der Waals surface area contributed by atoms with Gasteiger partial charge in [0.15, 0.2) is 12.4 Å². The van der Waals surface area contributed by atoms with Gasteiger partial charge in [-0.3, -0.25) is 14.5 Å². The van der Waals surface area contributed by atoms with Crippen LogP contribution in [0.25, 0.3) is 0 Å². The second kappa shape index (κ2) is 7.50. The normalized spacial score (nSPS) is 21.4. The first-order chi connectivity index (χ1) is 14.2. The maximum absolute atomic E-state index is 13.2. The van der Waals surface area contributed by atoms with E-state index in [1.165, 1.54) is 6.42 Å². The number of likely N-dealkylation sites (tertiary alicyclic amines) is 1. The molecule has 0 aliphatic carbocycles. The van der Waals surface area contributed by atoms with Gasteiger partial charge in [-0.15, -0.1) is 10.2 Å². The van der Waals surface area contributed by atoms with Gasteiger partial charge in [0.1, 0.15) is 18.1 Å². The summed E-state index contributed by atoms with van der Waals surface area (Å²) in [7, 11) is 0. The maximum Gasteiger partial charge on any atom is 0.265 e. The number of carbonyl (C=O) groups excluding carboxylic acids is 2. The molecule has 5 rings (SSSR count). The Morgan fingerprint density at radius 1 is 1.10 bits per heavy atom. The molecule has 152 valence electrons. The second-order valence-corrected chi connectivity index (χ2v) is 7.92. The minimum atomic E-state index is -0.191. The number of anilines is 1. The van der Waals surface area contributed by atoms with Crippen LogP contribution < -0.4 is 9.64 Å². The molecule has 1 aromatic carbocycles. The predicted octanol–water partition coefficient (Wildman–Crippen LogP) is 2.09. The number of carbonyl (C=O) groups is 2. The number of benzene rings is 1. The lowest BCUT2D eigenvalue weighted by molar-refractivity contribution is -0.133. The van der Waals surface area contributed by atoms with E-state index >= 15 is 0 Å². The lowest BCUT2D eigenvalue weighted by Gasteiger charge is -2.31. The molecule has 0 bridgehead atoms. The number of hydrogen-bond donors (Lipinski definition) is 0. The highest BCUT2D eigenvalue weighted by Crippen LogP contribution is 2.34. The summed E-state index contributed by atoms with van der Waals surface area (Å²) in [6.07, 6.45) is 6.24. The van der Waals surface area contributed by atoms with Crippen LogP contribution in [0.15, 0.2) is 24.3 Å². The second-order valence-electron chi connectivity index (χ2n) is 7.92. The number of para-hydroxylation sites is 2. The number of aromatic nitrogens is 3. The van der Waals surface area contributed by atoms with E-state index in [1.54, 1.807) is 4.90 Å². The molecule has 1 atom stereocenters. The van der Waals surface area contributed by atoms with Gasteiger partial charge in [0.25, 0.3) is 5.91 Å². The Morgan fingerprint density at radius 3 is 2.93 bits per heavy atom. The largest absolute Gasteiger partial charge is 0.482 e. The van der Waals surface area contributed by atoms with Gasteiger partial charge in [-0.05, 0) is 37.8 Å². The molecule has 3 aliphatic heterocycles. The van der Waals surface area contributed by atoms with E-state index in [4.69, 9.17) is 4.74 Å². The van der Waals surface area contributed by atoms with Gasteiger partial charge in [0, 0.05) is 19.5 Å². The summed E-state index contributed by atoms with van der Waals surface area (Å²) >= 11 is 0. The van der Waals surface area contributed by atoms with E-state index in [2.05, 4.69) is 14.8 Å². The highest BCUT2D eigenvalue weighted by Gasteiger charge is 2.36. The average molecular weight is 395 g/mol. The number of amides is 2. The number of fused-ring (bicyclic) bond motifs is 2. The fourth-order valence-corrected chi connectivity index (χ4v) is 4.64. The van der Waals surface area contributed by atoms with Crippen LogP contribution in [0.2, 0.25) is 0 Å². The summed E-state index contributed by atoms with van der Waals surface area (Å²) in [5.41, 5.74) is 0.657. The number of ether oxygens (including phenoxy) is 1. The Morgan fingerprint density at radius 2 is 2.00 bits per heavy atom. The van der Waals surface area contributed by atoms with Crippen LogP contribution in [0.4, 0.5) is 5.69 Å². The van der Waals surface area contributed by atoms with Crippen molar-refractivity contribution in [3.8, 4) is 5.75 Å². The van der Waals surface area contributed by atoms with E-state index in [0.717, 1.165) is 50.3 Å². The third kappa shape index (κ3) is 3.26. The fraction of sp³-hybridized carbons (Fsp3) is 0.524. The number of rotatable bonds is 3. The van der Waals surface area contributed by atoms with Crippen LogP contribution in [0.1, 0.15) is 49.8 Å². The Balaban J connectivity index is 1.38. The molecular formula is C21H25N5O3. The van der Waals surface area contributed by atoms with E-state index in [-0.39, 0.29) is 31.0 Å². The van der Waals surface area contributed by atoms with Crippen molar-refractivity contribution in [1.82, 2.24) is 19.7 Å². The zero-order chi connectivity index (χ0) is 19.8. The number of aryl methyl sites for hydroxylation is 1. The summed E-state index contributed by atoms with van der Waals surface area (Å²) in [6.45, 7) is 1.60. The first-order valence-corrected chi connectivity index (χ1v) is 10.5. The van der Waals surface area contributed by atoms with Crippen LogP contribution in [-0.4, -0.2) is 51.2 Å². The highest BCUT2D eigenvalue weighted by atomic mass is 16.5. The Labute approximate surface area is 169 Å². The molecule has 3 aliphatic rings.